The number of aromatic nitrogens is 2. The standard InChI is InChI=1S/C14H9F3N2OS/c15-8-1-6-12-11(7-8)18-14(21)19(12)9-2-4-10(5-3-9)20-13(16)17/h1-7,13H,(H,18,21). The van der Waals surface area contributed by atoms with Gasteiger partial charge in [0, 0.05) is 5.69 Å². The molecule has 0 amide bonds. The van der Waals surface area contributed by atoms with Gasteiger partial charge in [0.2, 0.25) is 0 Å². The Morgan fingerprint density at radius 2 is 1.81 bits per heavy atom. The van der Waals surface area contributed by atoms with Gasteiger partial charge in [0.25, 0.3) is 0 Å². The van der Waals surface area contributed by atoms with E-state index in [0.717, 1.165) is 0 Å². The molecule has 0 saturated heterocycles. The zero-order valence-electron chi connectivity index (χ0n) is 10.5. The first-order chi connectivity index (χ1) is 10.0. The summed E-state index contributed by atoms with van der Waals surface area (Å²) in [5.74, 6) is -0.308. The van der Waals surface area contributed by atoms with Gasteiger partial charge in [-0.1, -0.05) is 0 Å². The minimum atomic E-state index is -2.87. The lowest BCUT2D eigenvalue weighted by molar-refractivity contribution is -0.0498. The maximum atomic E-state index is 13.2. The number of hydrogen-bond acceptors (Lipinski definition) is 2. The summed E-state index contributed by atoms with van der Waals surface area (Å²) in [5, 5.41) is 0. The molecule has 1 aromatic heterocycles. The van der Waals surface area contributed by atoms with Gasteiger partial charge in [-0.25, -0.2) is 4.39 Å². The van der Waals surface area contributed by atoms with E-state index in [4.69, 9.17) is 12.2 Å². The maximum absolute atomic E-state index is 13.2. The SMILES string of the molecule is Fc1ccc2c(c1)[nH]c(=S)n2-c1ccc(OC(F)F)cc1. The van der Waals surface area contributed by atoms with Crippen LogP contribution in [0.1, 0.15) is 0 Å². The topological polar surface area (TPSA) is 29.9 Å². The minimum absolute atomic E-state index is 0.0613. The summed E-state index contributed by atoms with van der Waals surface area (Å²) in [6, 6.07) is 10.3. The number of nitrogens with zero attached hydrogens (tertiary/aromatic N) is 1. The molecule has 21 heavy (non-hydrogen) atoms. The van der Waals surface area contributed by atoms with Gasteiger partial charge >= 0.3 is 6.61 Å². The number of nitrogens with one attached hydrogen (secondary N) is 1. The number of rotatable bonds is 3. The van der Waals surface area contributed by atoms with Gasteiger partial charge in [-0.15, -0.1) is 0 Å². The van der Waals surface area contributed by atoms with Crippen molar-refractivity contribution in [2.75, 3.05) is 0 Å². The molecule has 1 N–H and O–H groups in total. The highest BCUT2D eigenvalue weighted by Gasteiger charge is 2.09. The van der Waals surface area contributed by atoms with Crippen molar-refractivity contribution in [1.29, 1.82) is 0 Å². The van der Waals surface area contributed by atoms with Crippen LogP contribution in [-0.4, -0.2) is 16.2 Å². The molecule has 3 nitrogen and oxygen atoms in total. The summed E-state index contributed by atoms with van der Waals surface area (Å²) in [6.07, 6.45) is 0. The van der Waals surface area contributed by atoms with E-state index in [9.17, 15) is 13.2 Å². The van der Waals surface area contributed by atoms with Crippen LogP contribution in [-0.2, 0) is 0 Å². The first-order valence-electron chi connectivity index (χ1n) is 6.00. The molecule has 0 fully saturated rings. The lowest BCUT2D eigenvalue weighted by Gasteiger charge is -2.07. The highest BCUT2D eigenvalue weighted by atomic mass is 32.1. The predicted molar refractivity (Wildman–Crippen MR) is 75.0 cm³/mol. The zero-order valence-corrected chi connectivity index (χ0v) is 11.3. The molecular formula is C14H9F3N2OS. The Kier molecular flexibility index (Phi) is 3.42. The number of halogens is 3. The Bertz CT molecular complexity index is 840. The van der Waals surface area contributed by atoms with E-state index in [2.05, 4.69) is 9.72 Å². The molecule has 0 aliphatic rings. The summed E-state index contributed by atoms with van der Waals surface area (Å²) in [4.78, 5) is 2.90. The molecule has 0 spiro atoms. The van der Waals surface area contributed by atoms with Crippen LogP contribution in [0.4, 0.5) is 13.2 Å². The van der Waals surface area contributed by atoms with Crippen LogP contribution in [0.5, 0.6) is 5.75 Å². The third-order valence-electron chi connectivity index (χ3n) is 2.96. The molecule has 7 heteroatoms. The molecule has 1 heterocycles. The van der Waals surface area contributed by atoms with Crippen LogP contribution < -0.4 is 4.74 Å². The van der Waals surface area contributed by atoms with E-state index >= 15 is 0 Å². The van der Waals surface area contributed by atoms with Gasteiger partial charge in [-0.3, -0.25) is 4.57 Å². The summed E-state index contributed by atoms with van der Waals surface area (Å²) < 4.78 is 43.8. The fourth-order valence-electron chi connectivity index (χ4n) is 2.12. The number of ether oxygens (including phenoxy) is 1. The molecule has 2 aromatic carbocycles. The molecular weight excluding hydrogens is 301 g/mol. The fraction of sp³-hybridized carbons (Fsp3) is 0.0714. The van der Waals surface area contributed by atoms with Crippen molar-refractivity contribution in [2.45, 2.75) is 6.61 Å². The number of imidazole rings is 1. The van der Waals surface area contributed by atoms with Gasteiger partial charge in [-0.05, 0) is 54.7 Å². The second-order valence-corrected chi connectivity index (χ2v) is 4.69. The van der Waals surface area contributed by atoms with Crippen molar-refractivity contribution >= 4 is 23.3 Å². The van der Waals surface area contributed by atoms with E-state index in [-0.39, 0.29) is 11.6 Å². The molecule has 0 bridgehead atoms. The lowest BCUT2D eigenvalue weighted by atomic mass is 10.2. The quantitative estimate of drug-likeness (QED) is 0.725. The molecule has 108 valence electrons. The van der Waals surface area contributed by atoms with Crippen LogP contribution in [0.3, 0.4) is 0 Å². The minimum Gasteiger partial charge on any atom is -0.435 e. The van der Waals surface area contributed by atoms with Crippen molar-refractivity contribution in [2.24, 2.45) is 0 Å². The van der Waals surface area contributed by atoms with Crippen molar-refractivity contribution in [3.63, 3.8) is 0 Å². The largest absolute Gasteiger partial charge is 0.435 e. The lowest BCUT2D eigenvalue weighted by Crippen LogP contribution is -2.02. The summed E-state index contributed by atoms with van der Waals surface area (Å²) in [7, 11) is 0. The van der Waals surface area contributed by atoms with Crippen molar-refractivity contribution < 1.29 is 17.9 Å². The molecule has 0 radical (unpaired) electrons. The Balaban J connectivity index is 2.08. The van der Waals surface area contributed by atoms with Gasteiger partial charge < -0.3 is 9.72 Å². The van der Waals surface area contributed by atoms with E-state index in [1.807, 2.05) is 0 Å². The van der Waals surface area contributed by atoms with Crippen molar-refractivity contribution in [1.82, 2.24) is 9.55 Å². The molecule has 0 saturated carbocycles. The van der Waals surface area contributed by atoms with Crippen LogP contribution in [0.15, 0.2) is 42.5 Å². The molecule has 0 atom stereocenters. The number of aromatic amines is 1. The Morgan fingerprint density at radius 1 is 1.10 bits per heavy atom. The normalized spacial score (nSPS) is 11.2. The molecule has 3 aromatic rings. The van der Waals surface area contributed by atoms with E-state index in [1.165, 1.54) is 24.3 Å². The molecule has 0 unspecified atom stereocenters. The Hall–Kier alpha value is -2.28. The van der Waals surface area contributed by atoms with Crippen molar-refractivity contribution in [3.05, 3.63) is 53.1 Å². The second kappa shape index (κ2) is 5.25. The molecule has 3 rings (SSSR count). The highest BCUT2D eigenvalue weighted by molar-refractivity contribution is 7.71. The van der Waals surface area contributed by atoms with Crippen LogP contribution in [0, 0.1) is 10.6 Å². The summed E-state index contributed by atoms with van der Waals surface area (Å²) in [5.41, 5.74) is 1.93. The number of hydrogen-bond donors (Lipinski definition) is 1. The van der Waals surface area contributed by atoms with Crippen LogP contribution >= 0.6 is 12.2 Å². The third kappa shape index (κ3) is 2.64. The first-order valence-corrected chi connectivity index (χ1v) is 6.41. The smallest absolute Gasteiger partial charge is 0.387 e. The number of benzene rings is 2. The van der Waals surface area contributed by atoms with Gasteiger partial charge in [0.1, 0.15) is 11.6 Å². The second-order valence-electron chi connectivity index (χ2n) is 4.30. The average molecular weight is 310 g/mol. The predicted octanol–water partition coefficient (Wildman–Crippen LogP) is 4.43. The monoisotopic (exact) mass is 310 g/mol. The number of H-pyrrole nitrogens is 1. The Labute approximate surface area is 122 Å². The Morgan fingerprint density at radius 3 is 2.48 bits per heavy atom. The van der Waals surface area contributed by atoms with E-state index in [1.54, 1.807) is 22.8 Å². The summed E-state index contributed by atoms with van der Waals surface area (Å²) in [6.45, 7) is -2.87. The maximum Gasteiger partial charge on any atom is 0.387 e. The van der Waals surface area contributed by atoms with Crippen molar-refractivity contribution in [3.8, 4) is 11.4 Å². The molecule has 0 aliphatic heterocycles. The highest BCUT2D eigenvalue weighted by Crippen LogP contribution is 2.23. The third-order valence-corrected chi connectivity index (χ3v) is 3.25. The fourth-order valence-corrected chi connectivity index (χ4v) is 2.43. The van der Waals surface area contributed by atoms with Crippen LogP contribution in [0.25, 0.3) is 16.7 Å². The number of alkyl halides is 2. The molecule has 0 aliphatic carbocycles. The first kappa shape index (κ1) is 13.7. The van der Waals surface area contributed by atoms with Gasteiger partial charge in [0.05, 0.1) is 11.0 Å². The van der Waals surface area contributed by atoms with Gasteiger partial charge in [-0.2, -0.15) is 8.78 Å². The van der Waals surface area contributed by atoms with E-state index < -0.39 is 6.61 Å². The van der Waals surface area contributed by atoms with E-state index in [0.29, 0.717) is 21.5 Å². The summed E-state index contributed by atoms with van der Waals surface area (Å²) >= 11 is 5.21. The van der Waals surface area contributed by atoms with Gasteiger partial charge in [0.15, 0.2) is 4.77 Å². The zero-order chi connectivity index (χ0) is 15.0. The number of fused-ring (bicyclic) bond motifs is 1. The average Bonchev–Trinajstić information content (AvgIpc) is 2.74. The van der Waals surface area contributed by atoms with Crippen LogP contribution in [0.2, 0.25) is 0 Å².